The number of hydrogen-bond donors (Lipinski definition) is 4. The van der Waals surface area contributed by atoms with Crippen molar-refractivity contribution in [3.63, 3.8) is 0 Å². The number of amides is 1. The second kappa shape index (κ2) is 12.3. The number of benzene rings is 2. The van der Waals surface area contributed by atoms with E-state index in [0.29, 0.717) is 62.7 Å². The first kappa shape index (κ1) is 29.5. The number of aromatic nitrogens is 6. The fourth-order valence-electron chi connectivity index (χ4n) is 6.06. The highest BCUT2D eigenvalue weighted by atomic mass is 19.1. The Morgan fingerprint density at radius 2 is 1.83 bits per heavy atom. The first-order chi connectivity index (χ1) is 22.3. The van der Waals surface area contributed by atoms with Gasteiger partial charge in [0.2, 0.25) is 5.91 Å². The van der Waals surface area contributed by atoms with E-state index < -0.39 is 5.82 Å². The molecule has 0 unspecified atom stereocenters. The zero-order valence-electron chi connectivity index (χ0n) is 25.5. The number of pyridine rings is 2. The molecule has 10 nitrogen and oxygen atoms in total. The second-order valence-corrected chi connectivity index (χ2v) is 12.0. The molecule has 4 N–H and O–H groups in total. The highest BCUT2D eigenvalue weighted by molar-refractivity contribution is 5.98. The average molecular weight is 622 g/mol. The summed E-state index contributed by atoms with van der Waals surface area (Å²) in [5.74, 6) is -0.473. The van der Waals surface area contributed by atoms with Crippen LogP contribution in [-0.4, -0.2) is 68.1 Å². The molecule has 0 saturated heterocycles. The fourth-order valence-corrected chi connectivity index (χ4v) is 6.06. The summed E-state index contributed by atoms with van der Waals surface area (Å²) in [4.78, 5) is 31.5. The van der Waals surface area contributed by atoms with Crippen LogP contribution >= 0.6 is 0 Å². The molecule has 4 aromatic heterocycles. The van der Waals surface area contributed by atoms with Crippen molar-refractivity contribution >= 4 is 39.3 Å². The molecule has 1 saturated carbocycles. The number of imidazole rings is 1. The summed E-state index contributed by atoms with van der Waals surface area (Å²) in [6.07, 6.45) is 8.75. The maximum absolute atomic E-state index is 15.4. The molecule has 0 aliphatic heterocycles. The Labute approximate surface area is 263 Å². The Kier molecular flexibility index (Phi) is 7.87. The quantitative estimate of drug-likeness (QED) is 0.143. The Morgan fingerprint density at radius 3 is 2.65 bits per heavy atom. The third-order valence-electron chi connectivity index (χ3n) is 8.40. The summed E-state index contributed by atoms with van der Waals surface area (Å²) in [6.45, 7) is 1.46. The fraction of sp³-hybridized carbons (Fsp3) is 0.265. The summed E-state index contributed by atoms with van der Waals surface area (Å²) in [5, 5.41) is 13.9. The number of hydrogen-bond acceptors (Lipinski definition) is 7. The van der Waals surface area contributed by atoms with E-state index in [1.807, 2.05) is 31.1 Å². The van der Waals surface area contributed by atoms with Crippen LogP contribution in [0.25, 0.3) is 55.8 Å². The van der Waals surface area contributed by atoms with Crippen LogP contribution in [0.3, 0.4) is 0 Å². The van der Waals surface area contributed by atoms with Gasteiger partial charge >= 0.3 is 0 Å². The van der Waals surface area contributed by atoms with E-state index in [1.165, 1.54) is 18.2 Å². The molecule has 1 fully saturated rings. The van der Waals surface area contributed by atoms with Gasteiger partial charge in [-0.2, -0.15) is 5.10 Å². The van der Waals surface area contributed by atoms with Crippen molar-refractivity contribution in [3.8, 4) is 33.8 Å². The summed E-state index contributed by atoms with van der Waals surface area (Å²) < 4.78 is 30.1. The number of anilines is 2. The maximum atomic E-state index is 15.4. The highest BCUT2D eigenvalue weighted by Crippen LogP contribution is 2.35. The van der Waals surface area contributed by atoms with E-state index in [-0.39, 0.29) is 23.2 Å². The molecule has 12 heteroatoms. The Balaban J connectivity index is 1.23. The smallest absolute Gasteiger partial charge is 0.227 e. The predicted octanol–water partition coefficient (Wildman–Crippen LogP) is 6.61. The zero-order valence-corrected chi connectivity index (χ0v) is 25.5. The number of carbonyl (C=O) groups is 1. The molecule has 46 heavy (non-hydrogen) atoms. The van der Waals surface area contributed by atoms with Crippen molar-refractivity contribution in [2.75, 3.05) is 37.8 Å². The molecule has 234 valence electrons. The van der Waals surface area contributed by atoms with Crippen molar-refractivity contribution in [2.45, 2.75) is 25.7 Å². The Hall–Kier alpha value is -5.23. The van der Waals surface area contributed by atoms with Crippen LogP contribution in [0.4, 0.5) is 20.2 Å². The minimum Gasteiger partial charge on any atom is -0.384 e. The monoisotopic (exact) mass is 621 g/mol. The third kappa shape index (κ3) is 5.91. The van der Waals surface area contributed by atoms with Crippen LogP contribution in [0.2, 0.25) is 0 Å². The van der Waals surface area contributed by atoms with Crippen molar-refractivity contribution in [1.82, 2.24) is 35.0 Å². The van der Waals surface area contributed by atoms with Gasteiger partial charge in [-0.3, -0.25) is 14.9 Å². The number of carbonyl (C=O) groups excluding carboxylic acids is 1. The van der Waals surface area contributed by atoms with Crippen LogP contribution in [0, 0.1) is 17.6 Å². The van der Waals surface area contributed by atoms with Crippen LogP contribution in [0.1, 0.15) is 25.7 Å². The van der Waals surface area contributed by atoms with Crippen LogP contribution in [-0.2, 0) is 4.79 Å². The lowest BCUT2D eigenvalue weighted by Crippen LogP contribution is -2.20. The van der Waals surface area contributed by atoms with E-state index in [2.05, 4.69) is 40.8 Å². The lowest BCUT2D eigenvalue weighted by atomic mass is 10.0. The van der Waals surface area contributed by atoms with Gasteiger partial charge in [0.1, 0.15) is 17.0 Å². The number of nitrogens with zero attached hydrogens (tertiary/aromatic N) is 5. The van der Waals surface area contributed by atoms with Gasteiger partial charge < -0.3 is 20.5 Å². The summed E-state index contributed by atoms with van der Waals surface area (Å²) in [7, 11) is 3.96. The SMILES string of the molecule is CN(C)CCNc1cc(F)cc(-c2ccnc3nc(-c4[nH]nc5c(F)cc(-c6cncc(NC(=O)C7CCCC7)c6)cc45)[nH]c23)c1. The van der Waals surface area contributed by atoms with Crippen LogP contribution in [0.5, 0.6) is 0 Å². The maximum Gasteiger partial charge on any atom is 0.227 e. The van der Waals surface area contributed by atoms with Gasteiger partial charge in [0.15, 0.2) is 17.3 Å². The number of aromatic amines is 2. The van der Waals surface area contributed by atoms with Gasteiger partial charge in [-0.25, -0.2) is 18.7 Å². The van der Waals surface area contributed by atoms with E-state index in [9.17, 15) is 9.18 Å². The Morgan fingerprint density at radius 1 is 1.00 bits per heavy atom. The van der Waals surface area contributed by atoms with Crippen molar-refractivity contribution in [2.24, 2.45) is 5.92 Å². The van der Waals surface area contributed by atoms with Gasteiger partial charge in [-0.05, 0) is 80.5 Å². The molecule has 1 aliphatic rings. The van der Waals surface area contributed by atoms with Gasteiger partial charge in [0.25, 0.3) is 0 Å². The Bertz CT molecular complexity index is 2060. The molecule has 6 aromatic rings. The van der Waals surface area contributed by atoms with Gasteiger partial charge in [-0.1, -0.05) is 12.8 Å². The lowest BCUT2D eigenvalue weighted by Gasteiger charge is -2.13. The zero-order chi connectivity index (χ0) is 31.8. The molecule has 0 spiro atoms. The number of nitrogens with one attached hydrogen (secondary N) is 4. The molecular weight excluding hydrogens is 588 g/mol. The molecule has 4 heterocycles. The lowest BCUT2D eigenvalue weighted by molar-refractivity contribution is -0.119. The first-order valence-corrected chi connectivity index (χ1v) is 15.3. The molecule has 0 radical (unpaired) electrons. The number of H-pyrrole nitrogens is 2. The molecule has 2 aromatic carbocycles. The van der Waals surface area contributed by atoms with Gasteiger partial charge in [-0.15, -0.1) is 0 Å². The van der Waals surface area contributed by atoms with Crippen LogP contribution < -0.4 is 10.6 Å². The molecular formula is C34H33F2N9O. The van der Waals surface area contributed by atoms with E-state index in [0.717, 1.165) is 37.8 Å². The number of likely N-dealkylation sites (N-methyl/N-ethyl adjacent to an activating group) is 1. The minimum atomic E-state index is -0.514. The summed E-state index contributed by atoms with van der Waals surface area (Å²) in [5.41, 5.74) is 5.49. The van der Waals surface area contributed by atoms with E-state index in [1.54, 1.807) is 30.7 Å². The normalized spacial score (nSPS) is 13.7. The highest BCUT2D eigenvalue weighted by Gasteiger charge is 2.23. The van der Waals surface area contributed by atoms with Crippen molar-refractivity contribution < 1.29 is 13.6 Å². The van der Waals surface area contributed by atoms with Gasteiger partial charge in [0, 0.05) is 53.6 Å². The molecule has 1 amide bonds. The van der Waals surface area contributed by atoms with Crippen molar-refractivity contribution in [1.29, 1.82) is 0 Å². The third-order valence-corrected chi connectivity index (χ3v) is 8.40. The standard InChI is InChI=1S/C34H33F2N9O/c1-45(2)10-9-38-24-12-21(11-23(35)16-24)26-7-8-39-32-30(26)41-33(42-32)31-27-14-20(15-28(36)29(27)43-44-31)22-13-25(18-37-17-22)40-34(46)19-5-3-4-6-19/h7-8,11-19,38H,3-6,9-10H2,1-2H3,(H,40,46)(H,43,44)(H,39,41,42). The molecule has 1 aliphatic carbocycles. The number of halogens is 2. The second-order valence-electron chi connectivity index (χ2n) is 12.0. The first-order valence-electron chi connectivity index (χ1n) is 15.3. The predicted molar refractivity (Wildman–Crippen MR) is 175 cm³/mol. The van der Waals surface area contributed by atoms with Crippen LogP contribution in [0.15, 0.2) is 61.1 Å². The number of rotatable bonds is 9. The topological polar surface area (TPSA) is 128 Å². The summed E-state index contributed by atoms with van der Waals surface area (Å²) >= 11 is 0. The average Bonchev–Trinajstić information content (AvgIpc) is 3.81. The van der Waals surface area contributed by atoms with Gasteiger partial charge in [0.05, 0.1) is 17.4 Å². The minimum absolute atomic E-state index is 0.0110. The van der Waals surface area contributed by atoms with Crippen molar-refractivity contribution in [3.05, 3.63) is 72.7 Å². The summed E-state index contributed by atoms with van der Waals surface area (Å²) in [6, 6.07) is 11.6. The van der Waals surface area contributed by atoms with E-state index >= 15 is 4.39 Å². The molecule has 0 atom stereocenters. The van der Waals surface area contributed by atoms with E-state index in [4.69, 9.17) is 0 Å². The largest absolute Gasteiger partial charge is 0.384 e. The molecule has 0 bridgehead atoms. The number of fused-ring (bicyclic) bond motifs is 2. The molecule has 7 rings (SSSR count).